The molecule has 0 saturated carbocycles. The van der Waals surface area contributed by atoms with Gasteiger partial charge in [-0.2, -0.15) is 0 Å². The van der Waals surface area contributed by atoms with Gasteiger partial charge in [-0.25, -0.2) is 4.98 Å². The lowest BCUT2D eigenvalue weighted by atomic mass is 10.2. The van der Waals surface area contributed by atoms with Crippen LogP contribution in [0.3, 0.4) is 0 Å². The lowest BCUT2D eigenvalue weighted by Crippen LogP contribution is -2.40. The molecule has 0 amide bonds. The predicted octanol–water partition coefficient (Wildman–Crippen LogP) is 1.35. The highest BCUT2D eigenvalue weighted by atomic mass is 16.6. The second kappa shape index (κ2) is 6.33. The first-order valence-electron chi connectivity index (χ1n) is 6.18. The molecular formula is C12H21N5O2. The number of nitrogens with two attached hydrogens (primary N) is 1. The van der Waals surface area contributed by atoms with Crippen molar-refractivity contribution in [1.82, 2.24) is 9.88 Å². The zero-order valence-electron chi connectivity index (χ0n) is 11.8. The molecule has 19 heavy (non-hydrogen) atoms. The maximum atomic E-state index is 10.9. The summed E-state index contributed by atoms with van der Waals surface area (Å²) in [6, 6.07) is 2.92. The lowest BCUT2D eigenvalue weighted by Gasteiger charge is -2.31. The van der Waals surface area contributed by atoms with Crippen LogP contribution in [-0.2, 0) is 0 Å². The van der Waals surface area contributed by atoms with E-state index in [-0.39, 0.29) is 17.5 Å². The highest BCUT2D eigenvalue weighted by Crippen LogP contribution is 2.23. The van der Waals surface area contributed by atoms with Crippen molar-refractivity contribution in [2.75, 3.05) is 37.8 Å². The second-order valence-corrected chi connectivity index (χ2v) is 4.76. The molecule has 0 fully saturated rings. The zero-order valence-corrected chi connectivity index (χ0v) is 11.8. The van der Waals surface area contributed by atoms with Gasteiger partial charge in [0.25, 0.3) is 5.69 Å². The normalized spacial score (nSPS) is 12.5. The van der Waals surface area contributed by atoms with Crippen molar-refractivity contribution in [2.24, 2.45) is 0 Å². The molecule has 7 heteroatoms. The second-order valence-electron chi connectivity index (χ2n) is 4.76. The first-order chi connectivity index (χ1) is 8.85. The van der Waals surface area contributed by atoms with Crippen molar-refractivity contribution >= 4 is 17.3 Å². The Morgan fingerprint density at radius 1 is 1.47 bits per heavy atom. The number of nitrogen functional groups attached to an aromatic ring is 1. The van der Waals surface area contributed by atoms with E-state index >= 15 is 0 Å². The summed E-state index contributed by atoms with van der Waals surface area (Å²) in [5.41, 5.74) is 5.61. The fraction of sp³-hybridized carbons (Fsp3) is 0.583. The van der Waals surface area contributed by atoms with E-state index in [1.54, 1.807) is 0 Å². The Kier molecular flexibility index (Phi) is 5.05. The molecule has 0 aliphatic heterocycles. The van der Waals surface area contributed by atoms with Gasteiger partial charge >= 0.3 is 0 Å². The first-order valence-corrected chi connectivity index (χ1v) is 6.18. The number of likely N-dealkylation sites (N-methyl/N-ethyl adjacent to an activating group) is 2. The Hall–Kier alpha value is -1.89. The van der Waals surface area contributed by atoms with Crippen LogP contribution >= 0.6 is 0 Å². The van der Waals surface area contributed by atoms with Gasteiger partial charge < -0.3 is 15.5 Å². The van der Waals surface area contributed by atoms with Crippen LogP contribution in [0.5, 0.6) is 0 Å². The van der Waals surface area contributed by atoms with Crippen molar-refractivity contribution in [3.05, 3.63) is 22.2 Å². The van der Waals surface area contributed by atoms with E-state index in [0.717, 1.165) is 6.54 Å². The number of anilines is 2. The number of nitro groups is 1. The monoisotopic (exact) mass is 267 g/mol. The van der Waals surface area contributed by atoms with Gasteiger partial charge in [0.1, 0.15) is 11.6 Å². The van der Waals surface area contributed by atoms with Crippen LogP contribution in [0.1, 0.15) is 13.8 Å². The number of hydrogen-bond acceptors (Lipinski definition) is 6. The maximum Gasteiger partial charge on any atom is 0.276 e. The molecule has 0 aromatic carbocycles. The van der Waals surface area contributed by atoms with E-state index in [4.69, 9.17) is 5.73 Å². The molecule has 1 unspecified atom stereocenters. The van der Waals surface area contributed by atoms with Gasteiger partial charge in [0.05, 0.1) is 17.1 Å². The topological polar surface area (TPSA) is 88.5 Å². The highest BCUT2D eigenvalue weighted by Gasteiger charge is 2.18. The van der Waals surface area contributed by atoms with E-state index in [9.17, 15) is 10.1 Å². The van der Waals surface area contributed by atoms with Crippen LogP contribution in [0.2, 0.25) is 0 Å². The number of aromatic nitrogens is 1. The maximum absolute atomic E-state index is 10.9. The summed E-state index contributed by atoms with van der Waals surface area (Å²) in [4.78, 5) is 18.7. The van der Waals surface area contributed by atoms with Crippen molar-refractivity contribution in [1.29, 1.82) is 0 Å². The fourth-order valence-corrected chi connectivity index (χ4v) is 2.10. The summed E-state index contributed by atoms with van der Waals surface area (Å²) in [6.07, 6.45) is 0. The third-order valence-electron chi connectivity index (χ3n) is 2.82. The standard InChI is InChI=1S/C12H21N5O2/c1-5-16(9(2)8-15(3)4)12-7-10(17(18)19)6-11(13)14-12/h6-7,9H,5,8H2,1-4H3,(H2,13,14). The molecule has 0 saturated heterocycles. The average molecular weight is 267 g/mol. The van der Waals surface area contributed by atoms with Crippen LogP contribution in [0.25, 0.3) is 0 Å². The predicted molar refractivity (Wildman–Crippen MR) is 76.3 cm³/mol. The summed E-state index contributed by atoms with van der Waals surface area (Å²) in [5, 5.41) is 10.9. The minimum Gasteiger partial charge on any atom is -0.383 e. The van der Waals surface area contributed by atoms with Gasteiger partial charge in [-0.05, 0) is 27.9 Å². The molecule has 0 radical (unpaired) electrons. The molecule has 0 aliphatic carbocycles. The van der Waals surface area contributed by atoms with E-state index in [0.29, 0.717) is 12.4 Å². The number of pyridine rings is 1. The summed E-state index contributed by atoms with van der Waals surface area (Å²) in [7, 11) is 3.97. The molecule has 0 bridgehead atoms. The van der Waals surface area contributed by atoms with E-state index in [1.165, 1.54) is 12.1 Å². The number of hydrogen-bond donors (Lipinski definition) is 1. The zero-order chi connectivity index (χ0) is 14.6. The summed E-state index contributed by atoms with van der Waals surface area (Å²) in [6.45, 7) is 5.59. The van der Waals surface area contributed by atoms with E-state index < -0.39 is 4.92 Å². The SMILES string of the molecule is CCN(c1cc([N+](=O)[O-])cc(N)n1)C(C)CN(C)C. The molecule has 0 aliphatic rings. The van der Waals surface area contributed by atoms with Crippen LogP contribution in [0, 0.1) is 10.1 Å². The van der Waals surface area contributed by atoms with Gasteiger partial charge in [-0.3, -0.25) is 10.1 Å². The van der Waals surface area contributed by atoms with Gasteiger partial charge in [0.15, 0.2) is 0 Å². The van der Waals surface area contributed by atoms with Crippen LogP contribution in [0.4, 0.5) is 17.3 Å². The molecule has 2 N–H and O–H groups in total. The van der Waals surface area contributed by atoms with Crippen LogP contribution in [-0.4, -0.2) is 48.0 Å². The van der Waals surface area contributed by atoms with Crippen LogP contribution in [0.15, 0.2) is 12.1 Å². The molecular weight excluding hydrogens is 246 g/mol. The Morgan fingerprint density at radius 2 is 2.11 bits per heavy atom. The van der Waals surface area contributed by atoms with E-state index in [2.05, 4.69) is 16.8 Å². The third-order valence-corrected chi connectivity index (χ3v) is 2.82. The van der Waals surface area contributed by atoms with E-state index in [1.807, 2.05) is 25.9 Å². The minimum atomic E-state index is -0.452. The Morgan fingerprint density at radius 3 is 2.58 bits per heavy atom. The Bertz CT molecular complexity index is 450. The fourth-order valence-electron chi connectivity index (χ4n) is 2.10. The van der Waals surface area contributed by atoms with Crippen LogP contribution < -0.4 is 10.6 Å². The largest absolute Gasteiger partial charge is 0.383 e. The highest BCUT2D eigenvalue weighted by molar-refractivity contribution is 5.54. The number of rotatable bonds is 6. The minimum absolute atomic E-state index is 0.0296. The lowest BCUT2D eigenvalue weighted by molar-refractivity contribution is -0.384. The first kappa shape index (κ1) is 15.2. The Balaban J connectivity index is 3.07. The van der Waals surface area contributed by atoms with Gasteiger partial charge in [-0.1, -0.05) is 0 Å². The molecule has 0 spiro atoms. The van der Waals surface area contributed by atoms with Crippen molar-refractivity contribution in [2.45, 2.75) is 19.9 Å². The Labute approximate surface area is 113 Å². The molecule has 7 nitrogen and oxygen atoms in total. The molecule has 1 aromatic heterocycles. The smallest absolute Gasteiger partial charge is 0.276 e. The molecule has 106 valence electrons. The molecule has 1 rings (SSSR count). The van der Waals surface area contributed by atoms with Gasteiger partial charge in [0.2, 0.25) is 0 Å². The molecule has 1 heterocycles. The molecule has 1 atom stereocenters. The summed E-state index contributed by atoms with van der Waals surface area (Å²) < 4.78 is 0. The number of nitrogens with zero attached hydrogens (tertiary/aromatic N) is 4. The van der Waals surface area contributed by atoms with Gasteiger partial charge in [0, 0.05) is 19.1 Å². The third kappa shape index (κ3) is 4.06. The van der Waals surface area contributed by atoms with Gasteiger partial charge in [-0.15, -0.1) is 0 Å². The van der Waals surface area contributed by atoms with Crippen molar-refractivity contribution < 1.29 is 4.92 Å². The van der Waals surface area contributed by atoms with Crippen molar-refractivity contribution in [3.63, 3.8) is 0 Å². The summed E-state index contributed by atoms with van der Waals surface area (Å²) in [5.74, 6) is 0.711. The quantitative estimate of drug-likeness (QED) is 0.618. The summed E-state index contributed by atoms with van der Waals surface area (Å²) >= 11 is 0. The van der Waals surface area contributed by atoms with Crippen molar-refractivity contribution in [3.8, 4) is 0 Å². The average Bonchev–Trinajstić information content (AvgIpc) is 2.27. The molecule has 1 aromatic rings.